The fourth-order valence-corrected chi connectivity index (χ4v) is 2.16. The number of para-hydroxylation sites is 1. The van der Waals surface area contributed by atoms with Gasteiger partial charge in [-0.1, -0.05) is 13.0 Å². The van der Waals surface area contributed by atoms with E-state index in [-0.39, 0.29) is 0 Å². The number of nitrogen functional groups attached to an aromatic ring is 1. The average molecular weight is 257 g/mol. The second kappa shape index (κ2) is 4.38. The van der Waals surface area contributed by atoms with Crippen LogP contribution >= 0.6 is 0 Å². The lowest BCUT2D eigenvalue weighted by Crippen LogP contribution is -2.03. The predicted octanol–water partition coefficient (Wildman–Crippen LogP) is 1.82. The van der Waals surface area contributed by atoms with Gasteiger partial charge in [-0.25, -0.2) is 9.97 Å². The lowest BCUT2D eigenvalue weighted by atomic mass is 10.2. The van der Waals surface area contributed by atoms with E-state index in [0.29, 0.717) is 17.2 Å². The molecule has 0 aliphatic heterocycles. The molecule has 0 atom stereocenters. The van der Waals surface area contributed by atoms with Crippen molar-refractivity contribution >= 4 is 22.5 Å². The van der Waals surface area contributed by atoms with Crippen LogP contribution in [0.15, 0.2) is 18.2 Å². The minimum Gasteiger partial charge on any atom is -0.494 e. The van der Waals surface area contributed by atoms with Crippen LogP contribution in [0.2, 0.25) is 0 Å². The molecule has 0 spiro atoms. The molecule has 0 unspecified atom stereocenters. The third-order valence-electron chi connectivity index (χ3n) is 3.03. The van der Waals surface area contributed by atoms with Crippen LogP contribution in [-0.4, -0.2) is 26.7 Å². The molecule has 19 heavy (non-hydrogen) atoms. The van der Waals surface area contributed by atoms with Crippen molar-refractivity contribution < 1.29 is 4.74 Å². The smallest absolute Gasteiger partial charge is 0.223 e. The number of methoxy groups -OCH3 is 1. The third kappa shape index (κ3) is 1.76. The topological polar surface area (TPSA) is 78.3 Å². The number of aryl methyl sites for hydroxylation is 1. The summed E-state index contributed by atoms with van der Waals surface area (Å²) in [5.74, 6) is 1.79. The van der Waals surface area contributed by atoms with Gasteiger partial charge in [0.15, 0.2) is 11.5 Å². The number of anilines is 1. The Morgan fingerprint density at radius 2 is 2.16 bits per heavy atom. The maximum atomic E-state index is 5.95. The van der Waals surface area contributed by atoms with Gasteiger partial charge in [-0.2, -0.15) is 4.52 Å². The maximum absolute atomic E-state index is 5.95. The van der Waals surface area contributed by atoms with E-state index in [1.165, 1.54) is 0 Å². The molecule has 98 valence electrons. The van der Waals surface area contributed by atoms with Gasteiger partial charge in [0.1, 0.15) is 11.3 Å². The van der Waals surface area contributed by atoms with E-state index in [9.17, 15) is 0 Å². The first-order valence-corrected chi connectivity index (χ1v) is 6.22. The SMILES string of the molecule is CCCc1nc2c3cccc(OC)c3nc(N)n2n1. The van der Waals surface area contributed by atoms with Crippen LogP contribution < -0.4 is 10.5 Å². The Morgan fingerprint density at radius 3 is 2.89 bits per heavy atom. The van der Waals surface area contributed by atoms with Crippen molar-refractivity contribution in [3.8, 4) is 5.75 Å². The molecule has 6 nitrogen and oxygen atoms in total. The molecule has 0 radical (unpaired) electrons. The quantitative estimate of drug-likeness (QED) is 0.774. The molecule has 2 heterocycles. The normalized spacial score (nSPS) is 11.3. The molecule has 0 saturated carbocycles. The third-order valence-corrected chi connectivity index (χ3v) is 3.03. The van der Waals surface area contributed by atoms with Gasteiger partial charge < -0.3 is 10.5 Å². The first-order valence-electron chi connectivity index (χ1n) is 6.22. The zero-order chi connectivity index (χ0) is 13.4. The number of ether oxygens (including phenoxy) is 1. The largest absolute Gasteiger partial charge is 0.494 e. The van der Waals surface area contributed by atoms with Crippen LogP contribution in [0.1, 0.15) is 19.2 Å². The number of aromatic nitrogens is 4. The molecular formula is C13H15N5O. The summed E-state index contributed by atoms with van der Waals surface area (Å²) in [6.45, 7) is 2.09. The van der Waals surface area contributed by atoms with Gasteiger partial charge in [0.05, 0.1) is 7.11 Å². The highest BCUT2D eigenvalue weighted by Crippen LogP contribution is 2.27. The Kier molecular flexibility index (Phi) is 2.70. The van der Waals surface area contributed by atoms with Crippen molar-refractivity contribution in [3.63, 3.8) is 0 Å². The molecule has 1 aromatic carbocycles. The van der Waals surface area contributed by atoms with E-state index >= 15 is 0 Å². The fraction of sp³-hybridized carbons (Fsp3) is 0.308. The standard InChI is InChI=1S/C13H15N5O/c1-3-5-10-15-12-8-6-4-7-9(19-2)11(8)16-13(14)18(12)17-10/h4,6-7H,3,5H2,1-2H3,(H2,14,16). The number of benzene rings is 1. The summed E-state index contributed by atoms with van der Waals surface area (Å²) in [4.78, 5) is 8.90. The summed E-state index contributed by atoms with van der Waals surface area (Å²) in [7, 11) is 1.61. The molecule has 0 saturated heterocycles. The second-order valence-electron chi connectivity index (χ2n) is 4.34. The summed E-state index contributed by atoms with van der Waals surface area (Å²) < 4.78 is 6.90. The maximum Gasteiger partial charge on any atom is 0.223 e. The molecule has 0 bridgehead atoms. The van der Waals surface area contributed by atoms with E-state index in [1.807, 2.05) is 18.2 Å². The van der Waals surface area contributed by atoms with Crippen molar-refractivity contribution in [1.82, 2.24) is 19.6 Å². The van der Waals surface area contributed by atoms with Crippen molar-refractivity contribution in [2.45, 2.75) is 19.8 Å². The lowest BCUT2D eigenvalue weighted by molar-refractivity contribution is 0.419. The molecular weight excluding hydrogens is 242 g/mol. The van der Waals surface area contributed by atoms with Gasteiger partial charge in [0.25, 0.3) is 0 Å². The van der Waals surface area contributed by atoms with Gasteiger partial charge in [-0.05, 0) is 18.6 Å². The van der Waals surface area contributed by atoms with Crippen LogP contribution in [0.4, 0.5) is 5.95 Å². The summed E-state index contributed by atoms with van der Waals surface area (Å²) >= 11 is 0. The minimum atomic E-state index is 0.321. The van der Waals surface area contributed by atoms with Crippen molar-refractivity contribution in [2.75, 3.05) is 12.8 Å². The molecule has 0 amide bonds. The van der Waals surface area contributed by atoms with Crippen molar-refractivity contribution in [1.29, 1.82) is 0 Å². The Hall–Kier alpha value is -2.37. The van der Waals surface area contributed by atoms with E-state index in [2.05, 4.69) is 22.0 Å². The van der Waals surface area contributed by atoms with Crippen molar-refractivity contribution in [3.05, 3.63) is 24.0 Å². The summed E-state index contributed by atoms with van der Waals surface area (Å²) in [5.41, 5.74) is 7.39. The van der Waals surface area contributed by atoms with E-state index in [4.69, 9.17) is 10.5 Å². The van der Waals surface area contributed by atoms with Crippen LogP contribution in [-0.2, 0) is 6.42 Å². The number of hydrogen-bond acceptors (Lipinski definition) is 5. The summed E-state index contributed by atoms with van der Waals surface area (Å²) in [6, 6.07) is 5.71. The summed E-state index contributed by atoms with van der Waals surface area (Å²) in [5, 5.41) is 5.28. The number of hydrogen-bond donors (Lipinski definition) is 1. The molecule has 0 aliphatic carbocycles. The first kappa shape index (κ1) is 11.7. The van der Waals surface area contributed by atoms with Crippen molar-refractivity contribution in [2.24, 2.45) is 0 Å². The van der Waals surface area contributed by atoms with Gasteiger partial charge in [-0.15, -0.1) is 5.10 Å². The van der Waals surface area contributed by atoms with Gasteiger partial charge in [0, 0.05) is 11.8 Å². The zero-order valence-electron chi connectivity index (χ0n) is 10.9. The fourth-order valence-electron chi connectivity index (χ4n) is 2.16. The van der Waals surface area contributed by atoms with E-state index < -0.39 is 0 Å². The Labute approximate surface area is 110 Å². The highest BCUT2D eigenvalue weighted by molar-refractivity contribution is 5.95. The number of fused-ring (bicyclic) bond motifs is 3. The second-order valence-corrected chi connectivity index (χ2v) is 4.34. The highest BCUT2D eigenvalue weighted by atomic mass is 16.5. The molecule has 6 heteroatoms. The van der Waals surface area contributed by atoms with E-state index in [0.717, 1.165) is 29.7 Å². The minimum absolute atomic E-state index is 0.321. The van der Waals surface area contributed by atoms with Crippen LogP contribution in [0.5, 0.6) is 5.75 Å². The van der Waals surface area contributed by atoms with Crippen LogP contribution in [0.25, 0.3) is 16.6 Å². The number of rotatable bonds is 3. The summed E-state index contributed by atoms with van der Waals surface area (Å²) in [6.07, 6.45) is 1.82. The molecule has 3 aromatic rings. The van der Waals surface area contributed by atoms with Gasteiger partial charge in [-0.3, -0.25) is 0 Å². The Balaban J connectivity index is 2.38. The van der Waals surface area contributed by atoms with Crippen LogP contribution in [0.3, 0.4) is 0 Å². The molecule has 2 aromatic heterocycles. The predicted molar refractivity (Wildman–Crippen MR) is 73.2 cm³/mol. The van der Waals surface area contributed by atoms with Crippen LogP contribution in [0, 0.1) is 0 Å². The zero-order valence-corrected chi connectivity index (χ0v) is 10.9. The lowest BCUT2D eigenvalue weighted by Gasteiger charge is -2.06. The Morgan fingerprint density at radius 1 is 1.32 bits per heavy atom. The average Bonchev–Trinajstić information content (AvgIpc) is 2.83. The Bertz CT molecular complexity index is 749. The monoisotopic (exact) mass is 257 g/mol. The van der Waals surface area contributed by atoms with Gasteiger partial charge >= 0.3 is 0 Å². The highest BCUT2D eigenvalue weighted by Gasteiger charge is 2.13. The number of nitrogens with two attached hydrogens (primary N) is 1. The first-order chi connectivity index (χ1) is 9.24. The molecule has 0 aliphatic rings. The number of nitrogens with zero attached hydrogens (tertiary/aromatic N) is 4. The van der Waals surface area contributed by atoms with E-state index in [1.54, 1.807) is 11.6 Å². The molecule has 2 N–H and O–H groups in total. The van der Waals surface area contributed by atoms with Gasteiger partial charge in [0.2, 0.25) is 5.95 Å². The molecule has 3 rings (SSSR count). The molecule has 0 fully saturated rings.